The number of hydrazine groups is 2. The predicted molar refractivity (Wildman–Crippen MR) is 271 cm³/mol. The predicted octanol–water partition coefficient (Wildman–Crippen LogP) is 6.06. The molecular formula is C32H40Cl8N16O12S4. The Morgan fingerprint density at radius 2 is 0.736 bits per heavy atom. The van der Waals surface area contributed by atoms with Crippen LogP contribution in [0, 0.1) is 0 Å². The molecule has 400 valence electrons. The number of carbonyl (C=O) groups excluding carboxylic acids is 6. The highest BCUT2D eigenvalue weighted by atomic mass is 35.5. The average molecular weight is 1250 g/mol. The normalized spacial score (nSPS) is 9.50. The number of ether oxygens (including phenoxy) is 6. The summed E-state index contributed by atoms with van der Waals surface area (Å²) in [6.07, 6.45) is -1.35. The van der Waals surface area contributed by atoms with Crippen LogP contribution >= 0.6 is 141 Å². The Morgan fingerprint density at radius 3 is 0.986 bits per heavy atom. The number of thiol groups is 1. The monoisotopic (exact) mass is 1250 g/mol. The third-order valence-corrected chi connectivity index (χ3v) is 9.41. The lowest BCUT2D eigenvalue weighted by Crippen LogP contribution is -2.30. The number of amides is 2. The van der Waals surface area contributed by atoms with Gasteiger partial charge in [0.2, 0.25) is 48.2 Å². The van der Waals surface area contributed by atoms with Crippen LogP contribution in [-0.2, 0) is 47.6 Å². The molecule has 0 atom stereocenters. The first-order valence-electron chi connectivity index (χ1n) is 18.6. The van der Waals surface area contributed by atoms with Crippen LogP contribution in [0.2, 0.25) is 42.3 Å². The number of carbonyl (C=O) groups is 6. The van der Waals surface area contributed by atoms with E-state index >= 15 is 0 Å². The first kappa shape index (κ1) is 70.0. The minimum Gasteiger partial charge on any atom is -0.465 e. The van der Waals surface area contributed by atoms with Crippen LogP contribution in [0.15, 0.2) is 15.5 Å². The van der Waals surface area contributed by atoms with E-state index < -0.39 is 18.2 Å². The highest BCUT2D eigenvalue weighted by molar-refractivity contribution is 8.00. The third kappa shape index (κ3) is 39.5. The number of nitrogens with zero attached hydrogens (tertiary/aromatic N) is 12. The Kier molecular flexibility index (Phi) is 42.2. The van der Waals surface area contributed by atoms with E-state index in [0.29, 0.717) is 36.7 Å². The molecule has 0 aliphatic heterocycles. The van der Waals surface area contributed by atoms with Crippen molar-refractivity contribution in [2.45, 2.75) is 43.2 Å². The maximum atomic E-state index is 11.2. The smallest absolute Gasteiger partial charge is 0.425 e. The molecule has 0 fully saturated rings. The van der Waals surface area contributed by atoms with E-state index in [2.05, 4.69) is 103 Å². The summed E-state index contributed by atoms with van der Waals surface area (Å²) in [5.41, 5.74) is 6.31. The lowest BCUT2D eigenvalue weighted by molar-refractivity contribution is -0.140. The summed E-state index contributed by atoms with van der Waals surface area (Å²) < 4.78 is 27.1. The Labute approximate surface area is 467 Å². The van der Waals surface area contributed by atoms with Gasteiger partial charge in [-0.15, -0.1) is 0 Å². The highest BCUT2D eigenvalue weighted by Crippen LogP contribution is 2.19. The van der Waals surface area contributed by atoms with Crippen molar-refractivity contribution < 1.29 is 57.2 Å². The van der Waals surface area contributed by atoms with E-state index in [1.807, 2.05) is 0 Å². The van der Waals surface area contributed by atoms with Gasteiger partial charge in [-0.1, -0.05) is 35.3 Å². The van der Waals surface area contributed by atoms with Gasteiger partial charge in [-0.3, -0.25) is 30.0 Å². The van der Waals surface area contributed by atoms with Crippen LogP contribution in [0.1, 0.15) is 27.7 Å². The molecule has 72 heavy (non-hydrogen) atoms. The van der Waals surface area contributed by atoms with Gasteiger partial charge in [0.15, 0.2) is 15.5 Å². The van der Waals surface area contributed by atoms with Crippen molar-refractivity contribution in [1.29, 1.82) is 0 Å². The number of thioether (sulfide) groups is 3. The van der Waals surface area contributed by atoms with Gasteiger partial charge in [-0.25, -0.2) is 20.9 Å². The van der Waals surface area contributed by atoms with Crippen molar-refractivity contribution >= 4 is 183 Å². The second-order valence-corrected chi connectivity index (χ2v) is 16.1. The summed E-state index contributed by atoms with van der Waals surface area (Å²) in [6.45, 7) is 8.38. The van der Waals surface area contributed by atoms with E-state index in [1.54, 1.807) is 33.1 Å². The van der Waals surface area contributed by atoms with E-state index in [4.69, 9.17) is 107 Å². The molecule has 4 aromatic rings. The second kappa shape index (κ2) is 43.4. The van der Waals surface area contributed by atoms with Crippen molar-refractivity contribution in [2.24, 2.45) is 5.84 Å². The van der Waals surface area contributed by atoms with Crippen molar-refractivity contribution in [2.75, 3.05) is 69.1 Å². The molecule has 5 N–H and O–H groups in total. The molecule has 4 heterocycles. The Balaban J connectivity index is 0. The number of methoxy groups -OCH3 is 2. The fourth-order valence-corrected chi connectivity index (χ4v) is 6.64. The summed E-state index contributed by atoms with van der Waals surface area (Å²) in [5, 5.41) is 0.735. The standard InChI is InChI=1S/C9H12ClN5O4S.2C7H7Cl2N3O2S.C4H8O2S.C3Cl3N3.C2H6N2O2/c1-3-19-5(16)4-20-8-12-6(10)11-7(13-8)14-15-9(17)18-2;2*1-2-14-4(13)3-15-7-11-5(8)10-6(9)12-7;1-2-6-4(5)3-7;4-1-7-2(5)9-3(6)8-1;1-6-2(5)4-3/h3-4H2,1-2H3,(H,15,17)(H,11,12,13,14);2*2-3H2,1H3;7H,2-3H2,1H3;;3H2,1H3,(H,4,5). The summed E-state index contributed by atoms with van der Waals surface area (Å²) >= 11 is 50.7. The number of halogens is 8. The van der Waals surface area contributed by atoms with Crippen LogP contribution in [0.4, 0.5) is 15.5 Å². The maximum absolute atomic E-state index is 11.2. The van der Waals surface area contributed by atoms with Gasteiger partial charge in [0.25, 0.3) is 0 Å². The van der Waals surface area contributed by atoms with E-state index in [0.717, 1.165) is 35.3 Å². The van der Waals surface area contributed by atoms with E-state index in [1.165, 1.54) is 14.2 Å². The number of hydrogen-bond acceptors (Lipinski definition) is 30. The summed E-state index contributed by atoms with van der Waals surface area (Å²) in [7, 11) is 2.44. The first-order chi connectivity index (χ1) is 34.1. The largest absolute Gasteiger partial charge is 0.465 e. The lowest BCUT2D eigenvalue weighted by atomic mass is 10.8. The SMILES string of the molecule is CCOC(=O)CS.CCOC(=O)CSc1nc(Cl)nc(Cl)n1.CCOC(=O)CSc1nc(Cl)nc(Cl)n1.CCOC(=O)CSc1nc(Cl)nc(NNC(=O)OC)n1.COC(=O)NN.Clc1nc(Cl)nc(Cl)n1. The molecule has 40 heteroatoms. The van der Waals surface area contributed by atoms with Gasteiger partial charge >= 0.3 is 36.1 Å². The van der Waals surface area contributed by atoms with Gasteiger partial charge in [0.1, 0.15) is 0 Å². The number of aromatic nitrogens is 12. The lowest BCUT2D eigenvalue weighted by Gasteiger charge is -2.07. The zero-order valence-electron chi connectivity index (χ0n) is 37.7. The second-order valence-electron chi connectivity index (χ2n) is 10.3. The molecule has 0 radical (unpaired) electrons. The Hall–Kier alpha value is -4.06. The van der Waals surface area contributed by atoms with E-state index in [9.17, 15) is 28.8 Å². The molecule has 28 nitrogen and oxygen atoms in total. The molecule has 0 unspecified atom stereocenters. The Bertz CT molecular complexity index is 2140. The fraction of sp³-hybridized carbons (Fsp3) is 0.438. The van der Waals surface area contributed by atoms with Gasteiger partial charge in [-0.2, -0.15) is 72.4 Å². The summed E-state index contributed by atoms with van der Waals surface area (Å²) in [5.74, 6) is 3.69. The van der Waals surface area contributed by atoms with Crippen LogP contribution in [0.3, 0.4) is 0 Å². The molecule has 0 aliphatic rings. The number of anilines is 1. The van der Waals surface area contributed by atoms with Gasteiger partial charge < -0.3 is 28.4 Å². The van der Waals surface area contributed by atoms with Crippen LogP contribution in [0.25, 0.3) is 0 Å². The number of esters is 4. The number of hydrogen-bond donors (Lipinski definition) is 5. The number of nitrogens with two attached hydrogens (primary N) is 1. The quantitative estimate of drug-likeness (QED) is 0.0162. The summed E-state index contributed by atoms with van der Waals surface area (Å²) in [4.78, 5) is 108. The highest BCUT2D eigenvalue weighted by Gasteiger charge is 2.12. The van der Waals surface area contributed by atoms with Crippen molar-refractivity contribution in [1.82, 2.24) is 70.7 Å². The van der Waals surface area contributed by atoms with E-state index in [-0.39, 0.29) is 94.3 Å². The van der Waals surface area contributed by atoms with Gasteiger partial charge in [0.05, 0.1) is 63.7 Å². The van der Waals surface area contributed by atoms with Crippen LogP contribution < -0.4 is 22.1 Å². The van der Waals surface area contributed by atoms with Crippen molar-refractivity contribution in [3.05, 3.63) is 42.3 Å². The minimum atomic E-state index is -0.720. The Morgan fingerprint density at radius 1 is 0.458 bits per heavy atom. The van der Waals surface area contributed by atoms with Crippen LogP contribution in [-0.4, -0.2) is 160 Å². The zero-order chi connectivity index (χ0) is 55.0. The molecule has 0 aliphatic carbocycles. The zero-order valence-corrected chi connectivity index (χ0v) is 47.1. The van der Waals surface area contributed by atoms with Gasteiger partial charge in [0, 0.05) is 0 Å². The fourth-order valence-electron chi connectivity index (χ4n) is 2.90. The summed E-state index contributed by atoms with van der Waals surface area (Å²) in [6, 6.07) is 0. The van der Waals surface area contributed by atoms with Crippen molar-refractivity contribution in [3.63, 3.8) is 0 Å². The molecule has 0 aromatic carbocycles. The van der Waals surface area contributed by atoms with Crippen molar-refractivity contribution in [3.8, 4) is 0 Å². The maximum Gasteiger partial charge on any atom is 0.425 e. The molecule has 0 saturated heterocycles. The number of nitrogens with one attached hydrogen (secondary N) is 3. The molecule has 0 saturated carbocycles. The van der Waals surface area contributed by atoms with Gasteiger partial charge in [-0.05, 0) is 121 Å². The number of rotatable bonds is 16. The minimum absolute atomic E-state index is 0.000000000000000444. The molecule has 4 aromatic heterocycles. The first-order valence-corrected chi connectivity index (χ1v) is 25.2. The van der Waals surface area contributed by atoms with Crippen LogP contribution in [0.5, 0.6) is 0 Å². The molecule has 4 rings (SSSR count). The topological polar surface area (TPSA) is 375 Å². The molecular weight excluding hydrogens is 1210 g/mol. The molecule has 0 spiro atoms. The average Bonchev–Trinajstić information content (AvgIpc) is 3.31. The molecule has 0 bridgehead atoms. The molecule has 2 amide bonds. The third-order valence-electron chi connectivity index (χ3n) is 5.33.